The molecular formula is C21H23N4O3+. The van der Waals surface area contributed by atoms with Gasteiger partial charge >= 0.3 is 0 Å². The largest absolute Gasteiger partial charge is 0.497 e. The van der Waals surface area contributed by atoms with Crippen LogP contribution >= 0.6 is 0 Å². The number of ether oxygens (including phenoxy) is 1. The van der Waals surface area contributed by atoms with Gasteiger partial charge in [-0.1, -0.05) is 0 Å². The van der Waals surface area contributed by atoms with Crippen LogP contribution in [0.3, 0.4) is 0 Å². The van der Waals surface area contributed by atoms with Gasteiger partial charge in [0.15, 0.2) is 0 Å². The molecule has 0 bridgehead atoms. The first-order chi connectivity index (χ1) is 13.3. The molecule has 2 aromatic carbocycles. The average Bonchev–Trinajstić information content (AvgIpc) is 3.23. The van der Waals surface area contributed by atoms with Gasteiger partial charge in [-0.05, 0) is 38.1 Å². The number of nitro benzene ring substituents is 1. The number of hydrogen-bond donors (Lipinski definition) is 0. The summed E-state index contributed by atoms with van der Waals surface area (Å²) in [6.07, 6.45) is 0.825. The van der Waals surface area contributed by atoms with Crippen LogP contribution in [0.5, 0.6) is 5.75 Å². The molecule has 0 amide bonds. The van der Waals surface area contributed by atoms with Crippen molar-refractivity contribution in [1.82, 2.24) is 0 Å². The molecule has 2 aliphatic heterocycles. The van der Waals surface area contributed by atoms with Crippen molar-refractivity contribution < 1.29 is 14.2 Å². The number of hydrogen-bond acceptors (Lipinski definition) is 5. The summed E-state index contributed by atoms with van der Waals surface area (Å²) in [5, 5.41) is 18.1. The van der Waals surface area contributed by atoms with Crippen molar-refractivity contribution >= 4 is 28.5 Å². The van der Waals surface area contributed by atoms with Crippen LogP contribution < -0.4 is 9.75 Å². The van der Waals surface area contributed by atoms with E-state index in [2.05, 4.69) is 18.4 Å². The molecule has 144 valence electrons. The molecule has 0 unspecified atom stereocenters. The fraction of sp³-hybridized carbons (Fsp3) is 0.333. The van der Waals surface area contributed by atoms with Gasteiger partial charge in [-0.2, -0.15) is 9.68 Å². The van der Waals surface area contributed by atoms with Gasteiger partial charge < -0.3 is 4.74 Å². The first kappa shape index (κ1) is 18.2. The standard InChI is InChI=1S/C21H23N4O3/c1-21(2)17-13-15(25(26)27)7-10-19(17)23(3)20(21)18-11-12-24(22-18)14-5-8-16(28-4)9-6-14/h5-10,13H,11-12H2,1-4H3/q+1. The Kier molecular flexibility index (Phi) is 4.18. The number of anilines is 1. The molecule has 0 radical (unpaired) electrons. The van der Waals surface area contributed by atoms with Crippen molar-refractivity contribution in [2.24, 2.45) is 5.10 Å². The van der Waals surface area contributed by atoms with Crippen LogP contribution in [0.15, 0.2) is 47.6 Å². The maximum Gasteiger partial charge on any atom is 0.270 e. The summed E-state index contributed by atoms with van der Waals surface area (Å²) < 4.78 is 7.35. The van der Waals surface area contributed by atoms with E-state index in [-0.39, 0.29) is 16.0 Å². The molecule has 0 atom stereocenters. The number of hydrazone groups is 1. The number of nitro groups is 1. The number of methoxy groups -OCH3 is 1. The molecule has 2 aliphatic rings. The zero-order valence-electron chi connectivity index (χ0n) is 16.5. The number of fused-ring (bicyclic) bond motifs is 1. The molecule has 7 nitrogen and oxygen atoms in total. The highest BCUT2D eigenvalue weighted by Crippen LogP contribution is 2.42. The lowest BCUT2D eigenvalue weighted by Crippen LogP contribution is -2.35. The van der Waals surface area contributed by atoms with Gasteiger partial charge in [-0.15, -0.1) is 0 Å². The summed E-state index contributed by atoms with van der Waals surface area (Å²) in [5.74, 6) is 0.815. The molecule has 0 aliphatic carbocycles. The van der Waals surface area contributed by atoms with E-state index in [9.17, 15) is 10.1 Å². The Morgan fingerprint density at radius 1 is 1.21 bits per heavy atom. The van der Waals surface area contributed by atoms with Gasteiger partial charge in [0.1, 0.15) is 18.5 Å². The Hall–Kier alpha value is -3.22. The number of benzene rings is 2. The monoisotopic (exact) mass is 379 g/mol. The molecule has 0 saturated carbocycles. The number of nitrogens with zero attached hydrogens (tertiary/aromatic N) is 4. The first-order valence-electron chi connectivity index (χ1n) is 9.22. The third-order valence-corrected chi connectivity index (χ3v) is 5.60. The van der Waals surface area contributed by atoms with Gasteiger partial charge in [-0.25, -0.2) is 0 Å². The Labute approximate surface area is 163 Å². The Balaban J connectivity index is 1.70. The Morgan fingerprint density at radius 3 is 2.57 bits per heavy atom. The Morgan fingerprint density at radius 2 is 1.93 bits per heavy atom. The summed E-state index contributed by atoms with van der Waals surface area (Å²) in [6.45, 7) is 5.01. The van der Waals surface area contributed by atoms with E-state index in [0.717, 1.165) is 47.1 Å². The second-order valence-electron chi connectivity index (χ2n) is 7.61. The summed E-state index contributed by atoms with van der Waals surface area (Å²) in [6, 6.07) is 12.9. The van der Waals surface area contributed by atoms with Crippen LogP contribution in [0.25, 0.3) is 0 Å². The molecule has 2 aromatic rings. The normalized spacial score (nSPS) is 17.6. The van der Waals surface area contributed by atoms with Gasteiger partial charge in [-0.3, -0.25) is 15.1 Å². The molecule has 4 rings (SSSR count). The lowest BCUT2D eigenvalue weighted by atomic mass is 9.79. The van der Waals surface area contributed by atoms with Crippen LogP contribution in [0.4, 0.5) is 17.1 Å². The SMILES string of the molecule is COc1ccc(N2CCC(C3=[N+](C)c4ccc([N+](=O)[O-])cc4C3(C)C)=N2)cc1. The predicted molar refractivity (Wildman–Crippen MR) is 109 cm³/mol. The number of rotatable bonds is 4. The molecule has 0 aromatic heterocycles. The lowest BCUT2D eigenvalue weighted by molar-refractivity contribution is -0.401. The van der Waals surface area contributed by atoms with E-state index < -0.39 is 0 Å². The van der Waals surface area contributed by atoms with E-state index in [1.807, 2.05) is 42.4 Å². The van der Waals surface area contributed by atoms with Crippen LogP contribution in [-0.4, -0.2) is 41.6 Å². The number of non-ortho nitro benzene ring substituents is 1. The summed E-state index contributed by atoms with van der Waals surface area (Å²) in [4.78, 5) is 10.9. The third kappa shape index (κ3) is 2.74. The first-order valence-corrected chi connectivity index (χ1v) is 9.22. The molecule has 0 N–H and O–H groups in total. The minimum atomic E-state index is -0.356. The van der Waals surface area contributed by atoms with Gasteiger partial charge in [0, 0.05) is 36.7 Å². The van der Waals surface area contributed by atoms with Gasteiger partial charge in [0.05, 0.1) is 23.1 Å². The minimum Gasteiger partial charge on any atom is -0.497 e. The second kappa shape index (κ2) is 6.44. The second-order valence-corrected chi connectivity index (χ2v) is 7.61. The highest BCUT2D eigenvalue weighted by atomic mass is 16.6. The highest BCUT2D eigenvalue weighted by molar-refractivity contribution is 6.45. The van der Waals surface area contributed by atoms with Crippen molar-refractivity contribution in [2.75, 3.05) is 25.7 Å². The van der Waals surface area contributed by atoms with Crippen LogP contribution in [-0.2, 0) is 5.41 Å². The highest BCUT2D eigenvalue weighted by Gasteiger charge is 2.48. The summed E-state index contributed by atoms with van der Waals surface area (Å²) in [7, 11) is 3.66. The van der Waals surface area contributed by atoms with E-state index >= 15 is 0 Å². The van der Waals surface area contributed by atoms with E-state index in [0.29, 0.717) is 0 Å². The Bertz CT molecular complexity index is 1020. The van der Waals surface area contributed by atoms with E-state index in [1.165, 1.54) is 0 Å². The lowest BCUT2D eigenvalue weighted by Gasteiger charge is -2.17. The third-order valence-electron chi connectivity index (χ3n) is 5.60. The van der Waals surface area contributed by atoms with E-state index in [4.69, 9.17) is 9.84 Å². The molecule has 0 saturated heterocycles. The fourth-order valence-electron chi connectivity index (χ4n) is 4.22. The summed E-state index contributed by atoms with van der Waals surface area (Å²) >= 11 is 0. The van der Waals surface area contributed by atoms with Gasteiger partial charge in [0.2, 0.25) is 11.4 Å². The van der Waals surface area contributed by atoms with E-state index in [1.54, 1.807) is 19.2 Å². The van der Waals surface area contributed by atoms with Crippen molar-refractivity contribution in [3.05, 3.63) is 58.1 Å². The molecule has 7 heteroatoms. The maximum absolute atomic E-state index is 11.2. The van der Waals surface area contributed by atoms with Crippen molar-refractivity contribution in [3.63, 3.8) is 0 Å². The maximum atomic E-state index is 11.2. The quantitative estimate of drug-likeness (QED) is 0.459. The van der Waals surface area contributed by atoms with Crippen LogP contribution in [0.2, 0.25) is 0 Å². The predicted octanol–water partition coefficient (Wildman–Crippen LogP) is 3.88. The molecule has 2 heterocycles. The molecule has 0 spiro atoms. The summed E-state index contributed by atoms with van der Waals surface area (Å²) in [5.41, 5.74) is 4.85. The zero-order valence-corrected chi connectivity index (χ0v) is 16.5. The fourth-order valence-corrected chi connectivity index (χ4v) is 4.22. The van der Waals surface area contributed by atoms with Crippen molar-refractivity contribution in [1.29, 1.82) is 0 Å². The molecule has 28 heavy (non-hydrogen) atoms. The van der Waals surface area contributed by atoms with Crippen LogP contribution in [0, 0.1) is 10.1 Å². The van der Waals surface area contributed by atoms with Crippen molar-refractivity contribution in [2.45, 2.75) is 25.7 Å². The average molecular weight is 379 g/mol. The van der Waals surface area contributed by atoms with Crippen LogP contribution in [0.1, 0.15) is 25.8 Å². The minimum absolute atomic E-state index is 0.120. The zero-order chi connectivity index (χ0) is 20.1. The smallest absolute Gasteiger partial charge is 0.270 e. The van der Waals surface area contributed by atoms with Gasteiger partial charge in [0.25, 0.3) is 5.69 Å². The van der Waals surface area contributed by atoms with Crippen molar-refractivity contribution in [3.8, 4) is 5.75 Å². The topological polar surface area (TPSA) is 71.0 Å². The molecular weight excluding hydrogens is 356 g/mol. The molecule has 0 fully saturated rings.